The number of aliphatic hydroxyl groups excluding tert-OH is 1. The topological polar surface area (TPSA) is 75.3 Å². The predicted octanol–water partition coefficient (Wildman–Crippen LogP) is 1.73. The summed E-state index contributed by atoms with van der Waals surface area (Å²) in [6, 6.07) is 5.46. The molecule has 0 fully saturated rings. The van der Waals surface area contributed by atoms with Crippen LogP contribution in [0.4, 0.5) is 0 Å². The molecule has 0 saturated carbocycles. The van der Waals surface area contributed by atoms with E-state index < -0.39 is 5.91 Å². The van der Waals surface area contributed by atoms with Gasteiger partial charge in [0.15, 0.2) is 0 Å². The van der Waals surface area contributed by atoms with E-state index in [1.54, 1.807) is 12.1 Å². The molecule has 0 radical (unpaired) electrons. The summed E-state index contributed by atoms with van der Waals surface area (Å²) in [5.41, 5.74) is 7.70. The summed E-state index contributed by atoms with van der Waals surface area (Å²) < 4.78 is 0. The second-order valence-electron chi connectivity index (χ2n) is 5.00. The van der Waals surface area contributed by atoms with Crippen LogP contribution >= 0.6 is 0 Å². The van der Waals surface area contributed by atoms with Gasteiger partial charge in [-0.3, -0.25) is 4.79 Å². The highest BCUT2D eigenvalue weighted by molar-refractivity contribution is 5.93. The molecular weight excluding hydrogens is 240 g/mol. The summed E-state index contributed by atoms with van der Waals surface area (Å²) in [6.07, 6.45) is 1.75. The molecule has 4 nitrogen and oxygen atoms in total. The molecule has 0 heterocycles. The number of nitrogens with one attached hydrogen (secondary N) is 1. The largest absolute Gasteiger partial charge is 0.394 e. The zero-order chi connectivity index (χ0) is 14.5. The average molecular weight is 264 g/mol. The predicted molar refractivity (Wildman–Crippen MR) is 76.9 cm³/mol. The first-order valence-corrected chi connectivity index (χ1v) is 6.73. The molecule has 0 saturated heterocycles. The van der Waals surface area contributed by atoms with Gasteiger partial charge < -0.3 is 16.2 Å². The minimum atomic E-state index is -0.408. The first kappa shape index (κ1) is 15.7. The van der Waals surface area contributed by atoms with Crippen molar-refractivity contribution in [2.45, 2.75) is 45.7 Å². The lowest BCUT2D eigenvalue weighted by Gasteiger charge is -2.31. The molecule has 0 aliphatic rings. The Kier molecular flexibility index (Phi) is 5.51. The van der Waals surface area contributed by atoms with Gasteiger partial charge in [-0.1, -0.05) is 19.9 Å². The van der Waals surface area contributed by atoms with Crippen LogP contribution in [0, 0.1) is 6.92 Å². The van der Waals surface area contributed by atoms with Gasteiger partial charge in [-0.25, -0.2) is 0 Å². The highest BCUT2D eigenvalue weighted by Gasteiger charge is 2.24. The summed E-state index contributed by atoms with van der Waals surface area (Å²) >= 11 is 0. The minimum absolute atomic E-state index is 0.123. The number of nitrogens with two attached hydrogens (primary N) is 1. The Morgan fingerprint density at radius 1 is 1.37 bits per heavy atom. The van der Waals surface area contributed by atoms with Crippen molar-refractivity contribution in [3.05, 3.63) is 34.9 Å². The van der Waals surface area contributed by atoms with Gasteiger partial charge in [0.1, 0.15) is 0 Å². The number of rotatable bonds is 7. The number of carbonyl (C=O) groups is 1. The van der Waals surface area contributed by atoms with Crippen LogP contribution in [0.2, 0.25) is 0 Å². The van der Waals surface area contributed by atoms with Crippen LogP contribution in [-0.2, 0) is 6.54 Å². The summed E-state index contributed by atoms with van der Waals surface area (Å²) in [5.74, 6) is -0.408. The first-order valence-electron chi connectivity index (χ1n) is 6.73. The maximum Gasteiger partial charge on any atom is 0.248 e. The Morgan fingerprint density at radius 2 is 2.00 bits per heavy atom. The number of benzene rings is 1. The van der Waals surface area contributed by atoms with Crippen molar-refractivity contribution in [3.8, 4) is 0 Å². The number of aryl methyl sites for hydroxylation is 1. The second-order valence-corrected chi connectivity index (χ2v) is 5.00. The molecule has 1 rings (SSSR count). The third kappa shape index (κ3) is 3.78. The van der Waals surface area contributed by atoms with E-state index in [0.29, 0.717) is 12.1 Å². The average Bonchev–Trinajstić information content (AvgIpc) is 2.42. The quantitative estimate of drug-likeness (QED) is 0.702. The Morgan fingerprint density at radius 3 is 2.42 bits per heavy atom. The fourth-order valence-corrected chi connectivity index (χ4v) is 2.11. The van der Waals surface area contributed by atoms with Gasteiger partial charge in [0.2, 0.25) is 5.91 Å². The SMILES string of the molecule is CCC(CC)(CO)NCc1ccc(C(N)=O)cc1C. The minimum Gasteiger partial charge on any atom is -0.394 e. The number of carbonyl (C=O) groups excluding carboxylic acids is 1. The fourth-order valence-electron chi connectivity index (χ4n) is 2.11. The second kappa shape index (κ2) is 6.68. The normalized spacial score (nSPS) is 11.6. The summed E-state index contributed by atoms with van der Waals surface area (Å²) in [6.45, 7) is 6.89. The van der Waals surface area contributed by atoms with Crippen molar-refractivity contribution in [2.75, 3.05) is 6.61 Å². The third-order valence-electron chi connectivity index (χ3n) is 3.94. The molecule has 4 N–H and O–H groups in total. The van der Waals surface area contributed by atoms with E-state index in [0.717, 1.165) is 24.0 Å². The van der Waals surface area contributed by atoms with Crippen molar-refractivity contribution in [2.24, 2.45) is 5.73 Å². The van der Waals surface area contributed by atoms with Crippen LogP contribution in [0.3, 0.4) is 0 Å². The van der Waals surface area contributed by atoms with E-state index in [1.807, 2.05) is 13.0 Å². The molecular formula is C15H24N2O2. The Hall–Kier alpha value is -1.39. The zero-order valence-corrected chi connectivity index (χ0v) is 12.0. The lowest BCUT2D eigenvalue weighted by atomic mass is 9.93. The lowest BCUT2D eigenvalue weighted by Crippen LogP contribution is -2.47. The van der Waals surface area contributed by atoms with Crippen molar-refractivity contribution < 1.29 is 9.90 Å². The number of hydrogen-bond acceptors (Lipinski definition) is 3. The van der Waals surface area contributed by atoms with Gasteiger partial charge in [0, 0.05) is 17.6 Å². The van der Waals surface area contributed by atoms with Gasteiger partial charge in [0.05, 0.1) is 6.61 Å². The Labute approximate surface area is 115 Å². The van der Waals surface area contributed by atoms with Crippen molar-refractivity contribution in [1.29, 1.82) is 0 Å². The molecule has 4 heteroatoms. The summed E-state index contributed by atoms with van der Waals surface area (Å²) in [4.78, 5) is 11.1. The highest BCUT2D eigenvalue weighted by Crippen LogP contribution is 2.17. The standard InChI is InChI=1S/C15H24N2O2/c1-4-15(5-2,10-18)17-9-13-7-6-12(14(16)19)8-11(13)3/h6-8,17-18H,4-5,9-10H2,1-3H3,(H2,16,19). The molecule has 1 amide bonds. The Balaban J connectivity index is 2.80. The monoisotopic (exact) mass is 264 g/mol. The molecule has 1 aromatic carbocycles. The van der Waals surface area contributed by atoms with Crippen molar-refractivity contribution in [3.63, 3.8) is 0 Å². The van der Waals surface area contributed by atoms with Crippen molar-refractivity contribution in [1.82, 2.24) is 5.32 Å². The summed E-state index contributed by atoms with van der Waals surface area (Å²) in [7, 11) is 0. The van der Waals surface area contributed by atoms with E-state index in [9.17, 15) is 9.90 Å². The van der Waals surface area contributed by atoms with Crippen LogP contribution in [0.15, 0.2) is 18.2 Å². The number of aliphatic hydroxyl groups is 1. The van der Waals surface area contributed by atoms with Gasteiger partial charge in [0.25, 0.3) is 0 Å². The van der Waals surface area contributed by atoms with Crippen LogP contribution in [0.1, 0.15) is 48.2 Å². The molecule has 1 aromatic rings. The fraction of sp³-hybridized carbons (Fsp3) is 0.533. The molecule has 0 unspecified atom stereocenters. The smallest absolute Gasteiger partial charge is 0.248 e. The van der Waals surface area contributed by atoms with E-state index in [4.69, 9.17) is 5.73 Å². The molecule has 0 bridgehead atoms. The first-order chi connectivity index (χ1) is 8.98. The molecule has 0 spiro atoms. The maximum atomic E-state index is 11.1. The van der Waals surface area contributed by atoms with Crippen molar-refractivity contribution >= 4 is 5.91 Å². The van der Waals surface area contributed by atoms with E-state index >= 15 is 0 Å². The van der Waals surface area contributed by atoms with Gasteiger partial charge in [-0.15, -0.1) is 0 Å². The summed E-state index contributed by atoms with van der Waals surface area (Å²) in [5, 5.41) is 12.9. The molecule has 0 aliphatic heterocycles. The van der Waals surface area contributed by atoms with Gasteiger partial charge in [-0.05, 0) is 43.0 Å². The van der Waals surface area contributed by atoms with Crippen LogP contribution in [-0.4, -0.2) is 23.2 Å². The van der Waals surface area contributed by atoms with Crippen LogP contribution in [0.5, 0.6) is 0 Å². The third-order valence-corrected chi connectivity index (χ3v) is 3.94. The molecule has 0 aliphatic carbocycles. The lowest BCUT2D eigenvalue weighted by molar-refractivity contribution is 0.1000. The highest BCUT2D eigenvalue weighted by atomic mass is 16.3. The number of amides is 1. The molecule has 19 heavy (non-hydrogen) atoms. The molecule has 0 atom stereocenters. The van der Waals surface area contributed by atoms with E-state index in [2.05, 4.69) is 19.2 Å². The van der Waals surface area contributed by atoms with E-state index in [1.165, 1.54) is 0 Å². The van der Waals surface area contributed by atoms with Crippen LogP contribution < -0.4 is 11.1 Å². The van der Waals surface area contributed by atoms with Crippen LogP contribution in [0.25, 0.3) is 0 Å². The number of primary amides is 1. The van der Waals surface area contributed by atoms with E-state index in [-0.39, 0.29) is 12.1 Å². The van der Waals surface area contributed by atoms with Gasteiger partial charge in [-0.2, -0.15) is 0 Å². The Bertz CT molecular complexity index is 432. The zero-order valence-electron chi connectivity index (χ0n) is 12.0. The number of hydrogen-bond donors (Lipinski definition) is 3. The maximum absolute atomic E-state index is 11.1. The molecule has 0 aromatic heterocycles. The van der Waals surface area contributed by atoms with Gasteiger partial charge >= 0.3 is 0 Å². The molecule has 106 valence electrons.